The van der Waals surface area contributed by atoms with Crippen molar-refractivity contribution in [3.63, 3.8) is 0 Å². The average Bonchev–Trinajstić information content (AvgIpc) is 2.80. The number of hydrogen-bond donors (Lipinski definition) is 1. The van der Waals surface area contributed by atoms with Gasteiger partial charge in [0.25, 0.3) is 0 Å². The van der Waals surface area contributed by atoms with Crippen molar-refractivity contribution in [1.82, 2.24) is 0 Å². The highest BCUT2D eigenvalue weighted by Crippen LogP contribution is 2.47. The van der Waals surface area contributed by atoms with Gasteiger partial charge in [-0.3, -0.25) is 4.79 Å². The Hall–Kier alpha value is -3.27. The normalized spacial score (nSPS) is 13.8. The molecule has 3 nitrogen and oxygen atoms in total. The van der Waals surface area contributed by atoms with E-state index in [-0.39, 0.29) is 17.5 Å². The molecule has 3 aromatic rings. The maximum absolute atomic E-state index is 14.1. The van der Waals surface area contributed by atoms with Gasteiger partial charge in [-0.1, -0.05) is 55.3 Å². The Balaban J connectivity index is 2.34. The van der Waals surface area contributed by atoms with E-state index in [0.717, 1.165) is 6.07 Å². The number of alkyl halides is 6. The molecule has 0 amide bonds. The maximum atomic E-state index is 14.1. The summed E-state index contributed by atoms with van der Waals surface area (Å²) >= 11 is 5.41. The van der Waals surface area contributed by atoms with E-state index in [4.69, 9.17) is 16.3 Å². The Kier molecular flexibility index (Phi) is 7.83. The van der Waals surface area contributed by atoms with Crippen molar-refractivity contribution in [2.24, 2.45) is 0 Å². The van der Waals surface area contributed by atoms with E-state index < -0.39 is 57.2 Å². The first-order valence-electron chi connectivity index (χ1n) is 10.9. The standard InChI is InChI=1S/C26H20ClF7O3/c1-3-9-24(2,23(35)36)17-13-18(25(29,30)31)21(12-16(17)14-7-5-4-6-8-14)37-15-10-19(26(32,33)34)22(27)20(28)11-15/h4-8,10-13H,3,9H2,1-2H3,(H,35,36). The predicted molar refractivity (Wildman–Crippen MR) is 123 cm³/mol. The Morgan fingerprint density at radius 1 is 0.919 bits per heavy atom. The first kappa shape index (κ1) is 28.3. The fraction of sp³-hybridized carbons (Fsp3) is 0.269. The van der Waals surface area contributed by atoms with Crippen molar-refractivity contribution in [2.75, 3.05) is 0 Å². The molecule has 0 saturated heterocycles. The van der Waals surface area contributed by atoms with Crippen LogP contribution in [0.1, 0.15) is 43.4 Å². The summed E-state index contributed by atoms with van der Waals surface area (Å²) < 4.78 is 102. The monoisotopic (exact) mass is 548 g/mol. The number of carboxylic acid groups (broad SMARTS) is 1. The van der Waals surface area contributed by atoms with Gasteiger partial charge in [-0.25, -0.2) is 4.39 Å². The summed E-state index contributed by atoms with van der Waals surface area (Å²) in [5, 5.41) is 8.72. The number of ether oxygens (including phenoxy) is 1. The van der Waals surface area contributed by atoms with Gasteiger partial charge in [0.05, 0.1) is 21.6 Å². The molecule has 0 aliphatic heterocycles. The number of benzene rings is 3. The fourth-order valence-corrected chi connectivity index (χ4v) is 4.23. The smallest absolute Gasteiger partial charge is 0.419 e. The van der Waals surface area contributed by atoms with Gasteiger partial charge >= 0.3 is 18.3 Å². The van der Waals surface area contributed by atoms with Crippen molar-refractivity contribution in [1.29, 1.82) is 0 Å². The Bertz CT molecular complexity index is 1300. The van der Waals surface area contributed by atoms with Crippen molar-refractivity contribution >= 4 is 17.6 Å². The average molecular weight is 549 g/mol. The molecule has 0 aliphatic rings. The SMILES string of the molecule is CCCC(C)(C(=O)O)c1cc(C(F)(F)F)c(Oc2cc(F)c(Cl)c(C(F)(F)F)c2)cc1-c1ccccc1. The minimum absolute atomic E-state index is 0.00297. The Morgan fingerprint density at radius 2 is 1.51 bits per heavy atom. The number of rotatable bonds is 7. The summed E-state index contributed by atoms with van der Waals surface area (Å²) in [4.78, 5) is 12.3. The van der Waals surface area contributed by atoms with Crippen LogP contribution in [0.3, 0.4) is 0 Å². The molecular weight excluding hydrogens is 529 g/mol. The zero-order valence-corrected chi connectivity index (χ0v) is 20.2. The van der Waals surface area contributed by atoms with Crippen molar-refractivity contribution in [3.8, 4) is 22.6 Å². The molecule has 0 radical (unpaired) electrons. The van der Waals surface area contributed by atoms with Gasteiger partial charge in [0.15, 0.2) is 0 Å². The summed E-state index contributed by atoms with van der Waals surface area (Å²) in [5.74, 6) is -4.71. The van der Waals surface area contributed by atoms with Crippen LogP contribution in [-0.2, 0) is 22.6 Å². The number of aliphatic carboxylic acids is 1. The van der Waals surface area contributed by atoms with Crippen molar-refractivity contribution in [3.05, 3.63) is 82.1 Å². The molecule has 0 bridgehead atoms. The van der Waals surface area contributed by atoms with Crippen LogP contribution in [0.5, 0.6) is 11.5 Å². The molecule has 11 heteroatoms. The first-order chi connectivity index (χ1) is 17.1. The molecule has 1 atom stereocenters. The van der Waals surface area contributed by atoms with E-state index in [1.165, 1.54) is 19.1 Å². The second-order valence-corrected chi connectivity index (χ2v) is 8.89. The largest absolute Gasteiger partial charge is 0.481 e. The third-order valence-corrected chi connectivity index (χ3v) is 6.25. The highest BCUT2D eigenvalue weighted by molar-refractivity contribution is 6.31. The highest BCUT2D eigenvalue weighted by Gasteiger charge is 2.42. The molecule has 0 spiro atoms. The molecule has 0 aromatic heterocycles. The van der Waals surface area contributed by atoms with E-state index in [1.807, 2.05) is 0 Å². The van der Waals surface area contributed by atoms with Gasteiger partial charge in [-0.05, 0) is 48.2 Å². The van der Waals surface area contributed by atoms with Gasteiger partial charge in [0, 0.05) is 6.07 Å². The minimum Gasteiger partial charge on any atom is -0.481 e. The summed E-state index contributed by atoms with van der Waals surface area (Å²) in [6.45, 7) is 2.98. The first-order valence-corrected chi connectivity index (χ1v) is 11.3. The summed E-state index contributed by atoms with van der Waals surface area (Å²) in [5.41, 5.74) is -4.56. The van der Waals surface area contributed by atoms with E-state index in [2.05, 4.69) is 0 Å². The van der Waals surface area contributed by atoms with Crippen LogP contribution < -0.4 is 4.74 Å². The fourth-order valence-electron chi connectivity index (χ4n) is 4.01. The number of hydrogen-bond acceptors (Lipinski definition) is 2. The van der Waals surface area contributed by atoms with Gasteiger partial charge < -0.3 is 9.84 Å². The van der Waals surface area contributed by atoms with Gasteiger partial charge in [-0.2, -0.15) is 26.3 Å². The molecule has 0 aliphatic carbocycles. The second kappa shape index (κ2) is 10.2. The van der Waals surface area contributed by atoms with Crippen LogP contribution in [0, 0.1) is 5.82 Å². The Morgan fingerprint density at radius 3 is 2.03 bits per heavy atom. The molecule has 0 heterocycles. The van der Waals surface area contributed by atoms with Gasteiger partial charge in [-0.15, -0.1) is 0 Å². The van der Waals surface area contributed by atoms with Crippen LogP contribution in [-0.4, -0.2) is 11.1 Å². The molecule has 0 saturated carbocycles. The summed E-state index contributed by atoms with van der Waals surface area (Å²) in [7, 11) is 0. The molecule has 37 heavy (non-hydrogen) atoms. The zero-order chi connectivity index (χ0) is 27.8. The lowest BCUT2D eigenvalue weighted by atomic mass is 9.74. The van der Waals surface area contributed by atoms with Crippen LogP contribution in [0.15, 0.2) is 54.6 Å². The topological polar surface area (TPSA) is 46.5 Å². The lowest BCUT2D eigenvalue weighted by Crippen LogP contribution is -2.33. The van der Waals surface area contributed by atoms with Gasteiger partial charge in [0.1, 0.15) is 17.3 Å². The molecule has 3 rings (SSSR count). The van der Waals surface area contributed by atoms with Gasteiger partial charge in [0.2, 0.25) is 0 Å². The number of carbonyl (C=O) groups is 1. The third-order valence-electron chi connectivity index (χ3n) is 5.86. The molecule has 1 unspecified atom stereocenters. The predicted octanol–water partition coefficient (Wildman–Crippen LogP) is 9.12. The van der Waals surface area contributed by atoms with Crippen LogP contribution in [0.2, 0.25) is 5.02 Å². The minimum atomic E-state index is -5.10. The van der Waals surface area contributed by atoms with Crippen LogP contribution in [0.4, 0.5) is 30.7 Å². The molecule has 3 aromatic carbocycles. The maximum Gasteiger partial charge on any atom is 0.419 e. The Labute approximate surface area is 212 Å². The summed E-state index contributed by atoms with van der Waals surface area (Å²) in [6.07, 6.45) is -9.87. The quantitative estimate of drug-likeness (QED) is 0.299. The van der Waals surface area contributed by atoms with E-state index in [9.17, 15) is 40.6 Å². The van der Waals surface area contributed by atoms with Crippen molar-refractivity contribution < 1.29 is 45.4 Å². The number of carboxylic acids is 1. The number of halogens is 8. The third kappa shape index (κ3) is 5.84. The molecule has 198 valence electrons. The second-order valence-electron chi connectivity index (χ2n) is 8.51. The van der Waals surface area contributed by atoms with E-state index in [1.54, 1.807) is 25.1 Å². The highest BCUT2D eigenvalue weighted by atomic mass is 35.5. The lowest BCUT2D eigenvalue weighted by Gasteiger charge is -2.29. The lowest BCUT2D eigenvalue weighted by molar-refractivity contribution is -0.144. The van der Waals surface area contributed by atoms with Crippen LogP contribution >= 0.6 is 11.6 Å². The summed E-state index contributed by atoms with van der Waals surface area (Å²) in [6, 6.07) is 10.1. The molecule has 1 N–H and O–H groups in total. The van der Waals surface area contributed by atoms with E-state index >= 15 is 0 Å². The van der Waals surface area contributed by atoms with E-state index in [0.29, 0.717) is 30.2 Å². The van der Waals surface area contributed by atoms with Crippen molar-refractivity contribution in [2.45, 2.75) is 44.5 Å². The molecule has 0 fully saturated rings. The van der Waals surface area contributed by atoms with Crippen LogP contribution in [0.25, 0.3) is 11.1 Å². The molecular formula is C26H20ClF7O3. The zero-order valence-electron chi connectivity index (χ0n) is 19.4.